The van der Waals surface area contributed by atoms with Crippen LogP contribution in [0.3, 0.4) is 0 Å². The highest BCUT2D eigenvalue weighted by Gasteiger charge is 2.38. The van der Waals surface area contributed by atoms with Gasteiger partial charge in [0.2, 0.25) is 11.8 Å². The molecule has 120 valence electrons. The Kier molecular flexibility index (Phi) is 5.58. The summed E-state index contributed by atoms with van der Waals surface area (Å²) in [5, 5.41) is 3.02. The van der Waals surface area contributed by atoms with Crippen LogP contribution in [0.25, 0.3) is 0 Å². The maximum atomic E-state index is 12.5. The van der Waals surface area contributed by atoms with Gasteiger partial charge in [0, 0.05) is 20.0 Å². The molecule has 1 saturated heterocycles. The quantitative estimate of drug-likeness (QED) is 0.850. The fourth-order valence-corrected chi connectivity index (χ4v) is 3.05. The molecule has 1 heterocycles. The summed E-state index contributed by atoms with van der Waals surface area (Å²) in [4.78, 5) is 26.3. The fraction of sp³-hybridized carbons (Fsp3) is 0.556. The number of carbonyl (C=O) groups excluding carboxylic acids is 2. The van der Waals surface area contributed by atoms with Crippen molar-refractivity contribution in [2.24, 2.45) is 5.92 Å². The van der Waals surface area contributed by atoms with E-state index in [-0.39, 0.29) is 23.8 Å². The minimum absolute atomic E-state index is 0.0679. The standard InChI is InChI=1S/C18H26N2O2/c1-4-5-12-19-18(22)15-10-11-16(21)20(3)17(15)14-8-6-13(2)7-9-14/h6-9,15,17H,4-5,10-12H2,1-3H3,(H,19,22)/t15-,17+/m1/s1. The molecular weight excluding hydrogens is 276 g/mol. The van der Waals surface area contributed by atoms with Crippen LogP contribution in [0.4, 0.5) is 0 Å². The lowest BCUT2D eigenvalue weighted by Gasteiger charge is -2.38. The van der Waals surface area contributed by atoms with Gasteiger partial charge in [-0.15, -0.1) is 0 Å². The molecule has 1 aliphatic heterocycles. The van der Waals surface area contributed by atoms with Crippen LogP contribution >= 0.6 is 0 Å². The first-order valence-corrected chi connectivity index (χ1v) is 8.14. The first-order chi connectivity index (χ1) is 10.5. The van der Waals surface area contributed by atoms with Crippen molar-refractivity contribution in [3.05, 3.63) is 35.4 Å². The van der Waals surface area contributed by atoms with Crippen LogP contribution in [-0.4, -0.2) is 30.3 Å². The zero-order valence-electron chi connectivity index (χ0n) is 13.8. The number of hydrogen-bond acceptors (Lipinski definition) is 2. The third-order valence-corrected chi connectivity index (χ3v) is 4.45. The van der Waals surface area contributed by atoms with E-state index in [9.17, 15) is 9.59 Å². The Morgan fingerprint density at radius 2 is 2.00 bits per heavy atom. The highest BCUT2D eigenvalue weighted by Crippen LogP contribution is 2.35. The summed E-state index contributed by atoms with van der Waals surface area (Å²) in [6, 6.07) is 7.97. The molecule has 0 aliphatic carbocycles. The van der Waals surface area contributed by atoms with Gasteiger partial charge >= 0.3 is 0 Å². The molecular formula is C18H26N2O2. The summed E-state index contributed by atoms with van der Waals surface area (Å²) in [5.41, 5.74) is 2.22. The normalized spacial score (nSPS) is 21.8. The molecule has 0 bridgehead atoms. The van der Waals surface area contributed by atoms with Crippen LogP contribution in [0, 0.1) is 12.8 Å². The van der Waals surface area contributed by atoms with Crippen LogP contribution in [0.15, 0.2) is 24.3 Å². The van der Waals surface area contributed by atoms with Crippen LogP contribution in [0.2, 0.25) is 0 Å². The number of likely N-dealkylation sites (tertiary alicyclic amines) is 1. The van der Waals surface area contributed by atoms with E-state index in [1.807, 2.05) is 31.2 Å². The van der Waals surface area contributed by atoms with E-state index < -0.39 is 0 Å². The number of amides is 2. The van der Waals surface area contributed by atoms with E-state index >= 15 is 0 Å². The lowest BCUT2D eigenvalue weighted by molar-refractivity contribution is -0.141. The molecule has 1 fully saturated rings. The van der Waals surface area contributed by atoms with Crippen molar-refractivity contribution in [1.82, 2.24) is 10.2 Å². The van der Waals surface area contributed by atoms with Crippen molar-refractivity contribution in [3.63, 3.8) is 0 Å². The van der Waals surface area contributed by atoms with E-state index in [2.05, 4.69) is 12.2 Å². The first-order valence-electron chi connectivity index (χ1n) is 8.14. The lowest BCUT2D eigenvalue weighted by atomic mass is 9.83. The van der Waals surface area contributed by atoms with Crippen LogP contribution in [-0.2, 0) is 9.59 Å². The number of benzene rings is 1. The molecule has 22 heavy (non-hydrogen) atoms. The van der Waals surface area contributed by atoms with Crippen LogP contribution in [0.5, 0.6) is 0 Å². The molecule has 2 rings (SSSR count). The predicted octanol–water partition coefficient (Wildman–Crippen LogP) is 2.82. The third-order valence-electron chi connectivity index (χ3n) is 4.45. The number of unbranched alkanes of at least 4 members (excludes halogenated alkanes) is 1. The van der Waals surface area contributed by atoms with Gasteiger partial charge in [-0.05, 0) is 25.3 Å². The molecule has 0 aromatic heterocycles. The van der Waals surface area contributed by atoms with Gasteiger partial charge in [0.1, 0.15) is 0 Å². The largest absolute Gasteiger partial charge is 0.356 e. The van der Waals surface area contributed by atoms with E-state index in [0.29, 0.717) is 19.4 Å². The molecule has 0 radical (unpaired) electrons. The van der Waals surface area contributed by atoms with Crippen molar-refractivity contribution in [2.75, 3.05) is 13.6 Å². The number of nitrogens with zero attached hydrogens (tertiary/aromatic N) is 1. The minimum atomic E-state index is -0.165. The second-order valence-corrected chi connectivity index (χ2v) is 6.15. The molecule has 1 aromatic carbocycles. The average Bonchev–Trinajstić information content (AvgIpc) is 2.51. The first kappa shape index (κ1) is 16.5. The Labute approximate surface area is 132 Å². The fourth-order valence-electron chi connectivity index (χ4n) is 3.05. The Hall–Kier alpha value is -1.84. The van der Waals surface area contributed by atoms with Crippen molar-refractivity contribution in [3.8, 4) is 0 Å². The van der Waals surface area contributed by atoms with Crippen LogP contribution < -0.4 is 5.32 Å². The average molecular weight is 302 g/mol. The summed E-state index contributed by atoms with van der Waals surface area (Å²) in [6.07, 6.45) is 3.12. The summed E-state index contributed by atoms with van der Waals surface area (Å²) >= 11 is 0. The number of aryl methyl sites for hydroxylation is 1. The number of nitrogens with one attached hydrogen (secondary N) is 1. The zero-order chi connectivity index (χ0) is 16.1. The molecule has 1 N–H and O–H groups in total. The van der Waals surface area contributed by atoms with Crippen molar-refractivity contribution < 1.29 is 9.59 Å². The number of piperidine rings is 1. The maximum Gasteiger partial charge on any atom is 0.225 e. The van der Waals surface area contributed by atoms with Gasteiger partial charge in [-0.2, -0.15) is 0 Å². The molecule has 2 atom stereocenters. The summed E-state index contributed by atoms with van der Waals surface area (Å²) in [7, 11) is 1.80. The second kappa shape index (κ2) is 7.43. The smallest absolute Gasteiger partial charge is 0.225 e. The third kappa shape index (κ3) is 3.67. The van der Waals surface area contributed by atoms with Gasteiger partial charge in [0.15, 0.2) is 0 Å². The Morgan fingerprint density at radius 1 is 1.32 bits per heavy atom. The van der Waals surface area contributed by atoms with Gasteiger partial charge in [0.25, 0.3) is 0 Å². The van der Waals surface area contributed by atoms with Gasteiger partial charge in [0.05, 0.1) is 12.0 Å². The minimum Gasteiger partial charge on any atom is -0.356 e. The van der Waals surface area contributed by atoms with Gasteiger partial charge in [-0.1, -0.05) is 43.2 Å². The summed E-state index contributed by atoms with van der Waals surface area (Å²) < 4.78 is 0. The number of rotatable bonds is 5. The maximum absolute atomic E-state index is 12.5. The lowest BCUT2D eigenvalue weighted by Crippen LogP contribution is -2.46. The van der Waals surface area contributed by atoms with E-state index in [4.69, 9.17) is 0 Å². The highest BCUT2D eigenvalue weighted by molar-refractivity contribution is 5.84. The van der Waals surface area contributed by atoms with E-state index in [0.717, 1.165) is 18.4 Å². The Balaban J connectivity index is 2.20. The monoisotopic (exact) mass is 302 g/mol. The molecule has 4 nitrogen and oxygen atoms in total. The topological polar surface area (TPSA) is 49.4 Å². The molecule has 0 spiro atoms. The summed E-state index contributed by atoms with van der Waals surface area (Å²) in [6.45, 7) is 4.85. The van der Waals surface area contributed by atoms with Crippen molar-refractivity contribution in [2.45, 2.75) is 45.6 Å². The van der Waals surface area contributed by atoms with Gasteiger partial charge in [-0.25, -0.2) is 0 Å². The predicted molar refractivity (Wildman–Crippen MR) is 87.3 cm³/mol. The second-order valence-electron chi connectivity index (χ2n) is 6.15. The van der Waals surface area contributed by atoms with Crippen molar-refractivity contribution >= 4 is 11.8 Å². The highest BCUT2D eigenvalue weighted by atomic mass is 16.2. The van der Waals surface area contributed by atoms with Crippen LogP contribution in [0.1, 0.15) is 49.8 Å². The van der Waals surface area contributed by atoms with E-state index in [1.54, 1.807) is 11.9 Å². The summed E-state index contributed by atoms with van der Waals surface area (Å²) in [5.74, 6) is 0.0174. The van der Waals surface area contributed by atoms with Gasteiger partial charge < -0.3 is 10.2 Å². The molecule has 4 heteroatoms. The molecule has 0 saturated carbocycles. The van der Waals surface area contributed by atoms with Gasteiger partial charge in [-0.3, -0.25) is 9.59 Å². The Bertz CT molecular complexity index is 524. The molecule has 2 amide bonds. The zero-order valence-corrected chi connectivity index (χ0v) is 13.8. The number of hydrogen-bond donors (Lipinski definition) is 1. The molecule has 1 aliphatic rings. The number of carbonyl (C=O) groups is 2. The van der Waals surface area contributed by atoms with E-state index in [1.165, 1.54) is 5.56 Å². The molecule has 0 unspecified atom stereocenters. The molecule has 1 aromatic rings. The van der Waals surface area contributed by atoms with Crippen molar-refractivity contribution in [1.29, 1.82) is 0 Å². The Morgan fingerprint density at radius 3 is 2.64 bits per heavy atom. The SMILES string of the molecule is CCCCNC(=O)[C@@H]1CCC(=O)N(C)[C@H]1c1ccc(C)cc1.